The number of benzene rings is 2. The Morgan fingerprint density at radius 2 is 1.67 bits per heavy atom. The Labute approximate surface area is 158 Å². The molecule has 1 saturated heterocycles. The number of hydrogen-bond acceptors (Lipinski definition) is 2. The fourth-order valence-electron chi connectivity index (χ4n) is 3.89. The number of aryl methyl sites for hydroxylation is 1. The first kappa shape index (κ1) is 18.1. The van der Waals surface area contributed by atoms with Crippen LogP contribution in [0.1, 0.15) is 17.5 Å². The number of H-pyrrole nitrogens is 1. The van der Waals surface area contributed by atoms with E-state index in [1.807, 2.05) is 18.3 Å². The lowest BCUT2D eigenvalue weighted by atomic mass is 10.1. The predicted molar refractivity (Wildman–Crippen MR) is 105 cm³/mol. The van der Waals surface area contributed by atoms with E-state index in [2.05, 4.69) is 14.8 Å². The van der Waals surface area contributed by atoms with Gasteiger partial charge < -0.3 is 9.88 Å². The lowest BCUT2D eigenvalue weighted by Gasteiger charge is -2.34. The minimum absolute atomic E-state index is 0.116. The number of aromatic amines is 1. The normalized spacial score (nSPS) is 16.2. The Balaban J connectivity index is 1.24. The first-order chi connectivity index (χ1) is 13.2. The Morgan fingerprint density at radius 3 is 2.48 bits per heavy atom. The van der Waals surface area contributed by atoms with Crippen LogP contribution in [0.3, 0.4) is 0 Å². The predicted octanol–water partition coefficient (Wildman–Crippen LogP) is 4.20. The van der Waals surface area contributed by atoms with E-state index < -0.39 is 0 Å². The maximum Gasteiger partial charge on any atom is 0.127 e. The summed E-state index contributed by atoms with van der Waals surface area (Å²) in [4.78, 5) is 8.00. The monoisotopic (exact) mass is 369 g/mol. The van der Waals surface area contributed by atoms with E-state index in [-0.39, 0.29) is 11.6 Å². The van der Waals surface area contributed by atoms with Crippen molar-refractivity contribution in [2.24, 2.45) is 0 Å². The first-order valence-corrected chi connectivity index (χ1v) is 9.63. The molecule has 0 saturated carbocycles. The zero-order chi connectivity index (χ0) is 18.6. The first-order valence-electron chi connectivity index (χ1n) is 9.63. The highest BCUT2D eigenvalue weighted by atomic mass is 19.1. The van der Waals surface area contributed by atoms with Gasteiger partial charge in [-0.3, -0.25) is 4.90 Å². The van der Waals surface area contributed by atoms with Crippen molar-refractivity contribution in [1.29, 1.82) is 0 Å². The standard InChI is InChI=1S/C22H25F2N3/c23-19-7-8-22-20(14-19)17(15-25-22)5-3-9-26-10-12-27(13-11-26)16-18-4-1-2-6-21(18)24/h1-2,4,6-8,14-15,25H,3,5,9-13,16H2. The summed E-state index contributed by atoms with van der Waals surface area (Å²) < 4.78 is 27.3. The van der Waals surface area contributed by atoms with E-state index in [4.69, 9.17) is 0 Å². The summed E-state index contributed by atoms with van der Waals surface area (Å²) in [7, 11) is 0. The highest BCUT2D eigenvalue weighted by Gasteiger charge is 2.17. The molecule has 5 heteroatoms. The second-order valence-corrected chi connectivity index (χ2v) is 7.32. The number of piperazine rings is 1. The zero-order valence-corrected chi connectivity index (χ0v) is 15.4. The van der Waals surface area contributed by atoms with Gasteiger partial charge in [0.25, 0.3) is 0 Å². The summed E-state index contributed by atoms with van der Waals surface area (Å²) in [6, 6.07) is 11.9. The quantitative estimate of drug-likeness (QED) is 0.704. The topological polar surface area (TPSA) is 22.3 Å². The van der Waals surface area contributed by atoms with Crippen LogP contribution in [-0.2, 0) is 13.0 Å². The minimum Gasteiger partial charge on any atom is -0.361 e. The van der Waals surface area contributed by atoms with Crippen LogP contribution in [0.15, 0.2) is 48.7 Å². The number of aromatic nitrogens is 1. The fourth-order valence-corrected chi connectivity index (χ4v) is 3.89. The fraction of sp³-hybridized carbons (Fsp3) is 0.364. The van der Waals surface area contributed by atoms with Crippen LogP contribution in [0.5, 0.6) is 0 Å². The van der Waals surface area contributed by atoms with Crippen LogP contribution in [-0.4, -0.2) is 47.5 Å². The molecule has 0 radical (unpaired) electrons. The number of halogens is 2. The molecule has 1 N–H and O–H groups in total. The van der Waals surface area contributed by atoms with Crippen molar-refractivity contribution >= 4 is 10.9 Å². The molecule has 142 valence electrons. The van der Waals surface area contributed by atoms with Gasteiger partial charge in [-0.2, -0.15) is 0 Å². The van der Waals surface area contributed by atoms with Gasteiger partial charge in [0.15, 0.2) is 0 Å². The van der Waals surface area contributed by atoms with E-state index >= 15 is 0 Å². The molecule has 1 aliphatic rings. The number of hydrogen-bond donors (Lipinski definition) is 1. The van der Waals surface area contributed by atoms with Gasteiger partial charge in [-0.25, -0.2) is 8.78 Å². The molecule has 1 fully saturated rings. The molecule has 3 aromatic rings. The molecule has 1 aromatic heterocycles. The van der Waals surface area contributed by atoms with E-state index in [1.54, 1.807) is 18.2 Å². The summed E-state index contributed by atoms with van der Waals surface area (Å²) in [5.74, 6) is -0.301. The van der Waals surface area contributed by atoms with Gasteiger partial charge in [-0.15, -0.1) is 0 Å². The van der Waals surface area contributed by atoms with Gasteiger partial charge in [0.05, 0.1) is 0 Å². The summed E-state index contributed by atoms with van der Waals surface area (Å²) >= 11 is 0. The molecule has 0 atom stereocenters. The van der Waals surface area contributed by atoms with Crippen LogP contribution in [0, 0.1) is 11.6 Å². The second-order valence-electron chi connectivity index (χ2n) is 7.32. The molecule has 0 bridgehead atoms. The molecule has 0 aliphatic carbocycles. The number of nitrogens with one attached hydrogen (secondary N) is 1. The maximum atomic E-state index is 13.8. The van der Waals surface area contributed by atoms with Crippen molar-refractivity contribution in [3.8, 4) is 0 Å². The molecule has 27 heavy (non-hydrogen) atoms. The average molecular weight is 369 g/mol. The molecular weight excluding hydrogens is 344 g/mol. The van der Waals surface area contributed by atoms with Crippen LogP contribution in [0.25, 0.3) is 10.9 Å². The van der Waals surface area contributed by atoms with Crippen molar-refractivity contribution in [3.05, 3.63) is 71.4 Å². The van der Waals surface area contributed by atoms with Crippen molar-refractivity contribution in [1.82, 2.24) is 14.8 Å². The molecule has 0 unspecified atom stereocenters. The largest absolute Gasteiger partial charge is 0.361 e. The van der Waals surface area contributed by atoms with Gasteiger partial charge in [-0.1, -0.05) is 18.2 Å². The smallest absolute Gasteiger partial charge is 0.127 e. The van der Waals surface area contributed by atoms with E-state index in [1.165, 1.54) is 17.7 Å². The van der Waals surface area contributed by atoms with E-state index in [0.717, 1.165) is 62.0 Å². The van der Waals surface area contributed by atoms with Crippen molar-refractivity contribution in [3.63, 3.8) is 0 Å². The van der Waals surface area contributed by atoms with Gasteiger partial charge in [-0.05, 0) is 49.2 Å². The molecule has 4 rings (SSSR count). The SMILES string of the molecule is Fc1ccc2[nH]cc(CCCN3CCN(Cc4ccccc4F)CC3)c2c1. The summed E-state index contributed by atoms with van der Waals surface area (Å²) in [6.45, 7) is 5.67. The lowest BCUT2D eigenvalue weighted by molar-refractivity contribution is 0.125. The Hall–Kier alpha value is -2.24. The van der Waals surface area contributed by atoms with Gasteiger partial charge in [0, 0.05) is 55.4 Å². The average Bonchev–Trinajstić information content (AvgIpc) is 3.07. The molecule has 0 spiro atoms. The molecular formula is C22H25F2N3. The molecule has 2 heterocycles. The highest BCUT2D eigenvalue weighted by molar-refractivity contribution is 5.83. The van der Waals surface area contributed by atoms with Crippen molar-refractivity contribution < 1.29 is 8.78 Å². The van der Waals surface area contributed by atoms with Gasteiger partial charge in [0.1, 0.15) is 11.6 Å². The highest BCUT2D eigenvalue weighted by Crippen LogP contribution is 2.21. The zero-order valence-electron chi connectivity index (χ0n) is 15.4. The molecule has 0 amide bonds. The Morgan fingerprint density at radius 1 is 0.889 bits per heavy atom. The van der Waals surface area contributed by atoms with Crippen LogP contribution < -0.4 is 0 Å². The summed E-state index contributed by atoms with van der Waals surface area (Å²) in [5, 5.41) is 0.990. The summed E-state index contributed by atoms with van der Waals surface area (Å²) in [6.07, 6.45) is 3.99. The van der Waals surface area contributed by atoms with Crippen LogP contribution >= 0.6 is 0 Å². The van der Waals surface area contributed by atoms with Gasteiger partial charge >= 0.3 is 0 Å². The minimum atomic E-state index is -0.186. The molecule has 2 aromatic carbocycles. The molecule has 3 nitrogen and oxygen atoms in total. The van der Waals surface area contributed by atoms with Crippen molar-refractivity contribution in [2.45, 2.75) is 19.4 Å². The summed E-state index contributed by atoms with van der Waals surface area (Å²) in [5.41, 5.74) is 2.95. The lowest BCUT2D eigenvalue weighted by Crippen LogP contribution is -2.46. The van der Waals surface area contributed by atoms with Crippen molar-refractivity contribution in [2.75, 3.05) is 32.7 Å². The second kappa shape index (κ2) is 8.19. The number of rotatable bonds is 6. The maximum absolute atomic E-state index is 13.8. The number of nitrogens with zero attached hydrogens (tertiary/aromatic N) is 2. The third-order valence-corrected chi connectivity index (χ3v) is 5.47. The number of fused-ring (bicyclic) bond motifs is 1. The third kappa shape index (κ3) is 4.37. The Kier molecular flexibility index (Phi) is 5.50. The van der Waals surface area contributed by atoms with E-state index in [9.17, 15) is 8.78 Å². The van der Waals surface area contributed by atoms with Crippen LogP contribution in [0.2, 0.25) is 0 Å². The third-order valence-electron chi connectivity index (χ3n) is 5.47. The Bertz CT molecular complexity index is 897. The van der Waals surface area contributed by atoms with Crippen LogP contribution in [0.4, 0.5) is 8.78 Å². The van der Waals surface area contributed by atoms with E-state index in [0.29, 0.717) is 6.54 Å². The molecule has 1 aliphatic heterocycles. The van der Waals surface area contributed by atoms with Gasteiger partial charge in [0.2, 0.25) is 0 Å².